The van der Waals surface area contributed by atoms with Gasteiger partial charge in [-0.2, -0.15) is 0 Å². The highest BCUT2D eigenvalue weighted by atomic mass is 19.1. The highest BCUT2D eigenvalue weighted by Gasteiger charge is 2.30. The van der Waals surface area contributed by atoms with Gasteiger partial charge >= 0.3 is 5.69 Å². The van der Waals surface area contributed by atoms with Gasteiger partial charge in [0.1, 0.15) is 11.6 Å². The van der Waals surface area contributed by atoms with Gasteiger partial charge in [-0.25, -0.2) is 8.78 Å². The molecule has 0 aliphatic heterocycles. The minimum Gasteiger partial charge on any atom is -0.490 e. The molecule has 3 rings (SSSR count). The van der Waals surface area contributed by atoms with Crippen molar-refractivity contribution in [2.24, 2.45) is 0 Å². The summed E-state index contributed by atoms with van der Waals surface area (Å²) >= 11 is 0. The standard InChI is InChI=1S/C20H20F2N2O4/c1-28-19-10-9-13(11-18(19)24(26)27)20(25)23(14-5-2-3-6-14)12-15-16(21)7-4-8-17(15)22/h4,7-11,14H,2-3,5-6,12H2,1H3. The Morgan fingerprint density at radius 3 is 2.43 bits per heavy atom. The maximum absolute atomic E-state index is 14.1. The van der Waals surface area contributed by atoms with Crippen LogP contribution < -0.4 is 4.74 Å². The maximum Gasteiger partial charge on any atom is 0.311 e. The van der Waals surface area contributed by atoms with Gasteiger partial charge in [-0.05, 0) is 37.1 Å². The van der Waals surface area contributed by atoms with Crippen molar-refractivity contribution in [2.75, 3.05) is 7.11 Å². The summed E-state index contributed by atoms with van der Waals surface area (Å²) < 4.78 is 33.3. The molecule has 1 fully saturated rings. The Hall–Kier alpha value is -3.03. The molecule has 0 saturated heterocycles. The zero-order valence-electron chi connectivity index (χ0n) is 15.4. The van der Waals surface area contributed by atoms with Crippen LogP contribution in [0.4, 0.5) is 14.5 Å². The molecule has 2 aromatic carbocycles. The molecule has 0 bridgehead atoms. The van der Waals surface area contributed by atoms with E-state index in [1.807, 2.05) is 0 Å². The highest BCUT2D eigenvalue weighted by Crippen LogP contribution is 2.31. The lowest BCUT2D eigenvalue weighted by atomic mass is 10.1. The summed E-state index contributed by atoms with van der Waals surface area (Å²) in [6, 6.07) is 7.30. The van der Waals surface area contributed by atoms with Gasteiger partial charge in [-0.3, -0.25) is 14.9 Å². The lowest BCUT2D eigenvalue weighted by Gasteiger charge is -2.29. The lowest BCUT2D eigenvalue weighted by molar-refractivity contribution is -0.385. The fraction of sp³-hybridized carbons (Fsp3) is 0.350. The number of carbonyl (C=O) groups is 1. The first kappa shape index (κ1) is 19.7. The Bertz CT molecular complexity index is 878. The normalized spacial score (nSPS) is 14.1. The first-order valence-electron chi connectivity index (χ1n) is 8.98. The molecule has 1 saturated carbocycles. The van der Waals surface area contributed by atoms with Gasteiger partial charge < -0.3 is 9.64 Å². The molecule has 0 radical (unpaired) electrons. The SMILES string of the molecule is COc1ccc(C(=O)N(Cc2c(F)cccc2F)C2CCCC2)cc1[N+](=O)[O-]. The predicted molar refractivity (Wildman–Crippen MR) is 98.1 cm³/mol. The summed E-state index contributed by atoms with van der Waals surface area (Å²) in [6.07, 6.45) is 3.27. The van der Waals surface area contributed by atoms with Crippen molar-refractivity contribution in [2.45, 2.75) is 38.3 Å². The number of amides is 1. The number of nitro groups is 1. The largest absolute Gasteiger partial charge is 0.490 e. The quantitative estimate of drug-likeness (QED) is 0.539. The highest BCUT2D eigenvalue weighted by molar-refractivity contribution is 5.95. The summed E-state index contributed by atoms with van der Waals surface area (Å²) in [4.78, 5) is 25.2. The van der Waals surface area contributed by atoms with E-state index in [-0.39, 0.29) is 35.2 Å². The number of halogens is 2. The topological polar surface area (TPSA) is 72.7 Å². The summed E-state index contributed by atoms with van der Waals surface area (Å²) in [5, 5.41) is 11.3. The van der Waals surface area contributed by atoms with Crippen molar-refractivity contribution in [3.63, 3.8) is 0 Å². The number of benzene rings is 2. The van der Waals surface area contributed by atoms with E-state index < -0.39 is 22.5 Å². The van der Waals surface area contributed by atoms with E-state index in [2.05, 4.69) is 0 Å². The van der Waals surface area contributed by atoms with Crippen LogP contribution in [0.3, 0.4) is 0 Å². The predicted octanol–water partition coefficient (Wildman–Crippen LogP) is 4.47. The van der Waals surface area contributed by atoms with Crippen LogP contribution in [0.2, 0.25) is 0 Å². The molecule has 1 aliphatic rings. The van der Waals surface area contributed by atoms with E-state index >= 15 is 0 Å². The molecular formula is C20H20F2N2O4. The molecule has 0 unspecified atom stereocenters. The minimum atomic E-state index is -0.725. The van der Waals surface area contributed by atoms with E-state index in [4.69, 9.17) is 4.74 Å². The van der Waals surface area contributed by atoms with Gasteiger partial charge in [0.15, 0.2) is 5.75 Å². The third kappa shape index (κ3) is 3.95. The molecule has 0 N–H and O–H groups in total. The maximum atomic E-state index is 14.1. The van der Waals surface area contributed by atoms with E-state index in [0.29, 0.717) is 0 Å². The Labute approximate surface area is 160 Å². The number of hydrogen-bond acceptors (Lipinski definition) is 4. The van der Waals surface area contributed by atoms with E-state index in [1.54, 1.807) is 0 Å². The summed E-state index contributed by atoms with van der Waals surface area (Å²) in [6.45, 7) is -0.234. The third-order valence-electron chi connectivity index (χ3n) is 5.04. The Morgan fingerprint density at radius 1 is 1.21 bits per heavy atom. The summed E-state index contributed by atoms with van der Waals surface area (Å²) in [5.41, 5.74) is -0.446. The van der Waals surface area contributed by atoms with Crippen molar-refractivity contribution in [3.05, 3.63) is 69.3 Å². The number of rotatable bonds is 6. The molecule has 0 heterocycles. The second-order valence-corrected chi connectivity index (χ2v) is 6.72. The van der Waals surface area contributed by atoms with Gasteiger partial charge in [0.05, 0.1) is 18.6 Å². The van der Waals surface area contributed by atoms with E-state index in [9.17, 15) is 23.7 Å². The van der Waals surface area contributed by atoms with Crippen LogP contribution in [-0.4, -0.2) is 28.9 Å². The first-order valence-corrected chi connectivity index (χ1v) is 8.98. The number of ether oxygens (including phenoxy) is 1. The zero-order valence-corrected chi connectivity index (χ0v) is 15.4. The second kappa shape index (κ2) is 8.33. The monoisotopic (exact) mass is 390 g/mol. The second-order valence-electron chi connectivity index (χ2n) is 6.72. The van der Waals surface area contributed by atoms with E-state index in [0.717, 1.165) is 43.9 Å². The molecule has 28 heavy (non-hydrogen) atoms. The van der Waals surface area contributed by atoms with Crippen LogP contribution in [0.5, 0.6) is 5.75 Å². The van der Waals surface area contributed by atoms with Crippen molar-refractivity contribution >= 4 is 11.6 Å². The van der Waals surface area contributed by atoms with Gasteiger partial charge in [0.25, 0.3) is 5.91 Å². The molecule has 148 valence electrons. The summed E-state index contributed by atoms with van der Waals surface area (Å²) in [5.74, 6) is -1.91. The van der Waals surface area contributed by atoms with Gasteiger partial charge in [-0.1, -0.05) is 18.9 Å². The van der Waals surface area contributed by atoms with Crippen LogP contribution >= 0.6 is 0 Å². The smallest absolute Gasteiger partial charge is 0.311 e. The fourth-order valence-electron chi connectivity index (χ4n) is 3.57. The number of nitrogens with zero attached hydrogens (tertiary/aromatic N) is 2. The number of methoxy groups -OCH3 is 1. The molecule has 2 aromatic rings. The van der Waals surface area contributed by atoms with Crippen LogP contribution in [0.25, 0.3) is 0 Å². The molecule has 0 atom stereocenters. The lowest BCUT2D eigenvalue weighted by Crippen LogP contribution is -2.38. The van der Waals surface area contributed by atoms with Gasteiger partial charge in [0, 0.05) is 23.2 Å². The van der Waals surface area contributed by atoms with Crippen molar-refractivity contribution in [3.8, 4) is 5.75 Å². The van der Waals surface area contributed by atoms with Crippen LogP contribution in [0.1, 0.15) is 41.6 Å². The first-order chi connectivity index (χ1) is 13.4. The van der Waals surface area contributed by atoms with Crippen molar-refractivity contribution < 1.29 is 23.2 Å². The average molecular weight is 390 g/mol. The number of carbonyl (C=O) groups excluding carboxylic acids is 1. The van der Waals surface area contributed by atoms with Crippen LogP contribution in [-0.2, 0) is 6.54 Å². The third-order valence-corrected chi connectivity index (χ3v) is 5.04. The Kier molecular flexibility index (Phi) is 5.87. The van der Waals surface area contributed by atoms with Gasteiger partial charge in [-0.15, -0.1) is 0 Å². The zero-order chi connectivity index (χ0) is 20.3. The molecule has 0 aromatic heterocycles. The average Bonchev–Trinajstić information content (AvgIpc) is 3.21. The van der Waals surface area contributed by atoms with Crippen LogP contribution in [0, 0.1) is 21.7 Å². The van der Waals surface area contributed by atoms with Crippen LogP contribution in [0.15, 0.2) is 36.4 Å². The fourth-order valence-corrected chi connectivity index (χ4v) is 3.57. The van der Waals surface area contributed by atoms with Crippen molar-refractivity contribution in [1.82, 2.24) is 4.90 Å². The molecule has 6 nitrogen and oxygen atoms in total. The molecule has 1 aliphatic carbocycles. The molecule has 8 heteroatoms. The summed E-state index contributed by atoms with van der Waals surface area (Å²) in [7, 11) is 1.30. The van der Waals surface area contributed by atoms with Crippen molar-refractivity contribution in [1.29, 1.82) is 0 Å². The molecule has 1 amide bonds. The Balaban J connectivity index is 1.98. The number of hydrogen-bond donors (Lipinski definition) is 0. The minimum absolute atomic E-state index is 0.0362. The molecular weight excluding hydrogens is 370 g/mol. The molecule has 0 spiro atoms. The van der Waals surface area contributed by atoms with Gasteiger partial charge in [0.2, 0.25) is 0 Å². The number of nitro benzene ring substituents is 1. The Morgan fingerprint density at radius 2 is 1.86 bits per heavy atom. The van der Waals surface area contributed by atoms with E-state index in [1.165, 1.54) is 30.2 Å².